The van der Waals surface area contributed by atoms with E-state index in [1.54, 1.807) is 12.1 Å². The first-order valence-electron chi connectivity index (χ1n) is 4.98. The molecule has 1 rings (SSSR count). The molecule has 15 heavy (non-hydrogen) atoms. The number of aromatic hydroxyl groups is 1. The normalized spacial score (nSPS) is 10.0. The summed E-state index contributed by atoms with van der Waals surface area (Å²) < 4.78 is 0. The van der Waals surface area contributed by atoms with Crippen LogP contribution in [-0.4, -0.2) is 10.9 Å². The Bertz CT molecular complexity index is 392. The van der Waals surface area contributed by atoms with Gasteiger partial charge in [0.15, 0.2) is 5.78 Å². The van der Waals surface area contributed by atoms with Crippen LogP contribution in [0.3, 0.4) is 0 Å². The summed E-state index contributed by atoms with van der Waals surface area (Å²) in [5.41, 5.74) is 2.51. The standard InChI is InChI=1S/C13H16O2/c1-9(2)4-7-13(15)12-8-11(14)6-5-10(12)3/h5-6,8,14H,1,4,7H2,2-3H3. The molecule has 0 spiro atoms. The quantitative estimate of drug-likeness (QED) is 0.604. The summed E-state index contributed by atoms with van der Waals surface area (Å²) in [6.07, 6.45) is 1.16. The number of aryl methyl sites for hydroxylation is 1. The lowest BCUT2D eigenvalue weighted by Crippen LogP contribution is -2.01. The molecule has 0 aliphatic carbocycles. The highest BCUT2D eigenvalue weighted by molar-refractivity contribution is 5.97. The number of phenols is 1. The molecule has 0 atom stereocenters. The van der Waals surface area contributed by atoms with Crippen molar-refractivity contribution in [3.8, 4) is 5.75 Å². The smallest absolute Gasteiger partial charge is 0.163 e. The highest BCUT2D eigenvalue weighted by atomic mass is 16.3. The van der Waals surface area contributed by atoms with Gasteiger partial charge in [-0.3, -0.25) is 4.79 Å². The van der Waals surface area contributed by atoms with Gasteiger partial charge in [-0.2, -0.15) is 0 Å². The van der Waals surface area contributed by atoms with Crippen LogP contribution in [0.4, 0.5) is 0 Å². The van der Waals surface area contributed by atoms with Crippen molar-refractivity contribution in [2.45, 2.75) is 26.7 Å². The minimum Gasteiger partial charge on any atom is -0.508 e. The van der Waals surface area contributed by atoms with Gasteiger partial charge in [-0.05, 0) is 38.0 Å². The van der Waals surface area contributed by atoms with Crippen molar-refractivity contribution in [1.29, 1.82) is 0 Å². The van der Waals surface area contributed by atoms with Crippen molar-refractivity contribution >= 4 is 5.78 Å². The van der Waals surface area contributed by atoms with E-state index in [1.165, 1.54) is 6.07 Å². The average molecular weight is 204 g/mol. The third-order valence-corrected chi connectivity index (χ3v) is 2.30. The molecule has 1 aromatic carbocycles. The number of benzene rings is 1. The van der Waals surface area contributed by atoms with Crippen LogP contribution in [0.5, 0.6) is 5.75 Å². The number of allylic oxidation sites excluding steroid dienone is 1. The van der Waals surface area contributed by atoms with E-state index >= 15 is 0 Å². The highest BCUT2D eigenvalue weighted by Gasteiger charge is 2.09. The molecule has 0 aromatic heterocycles. The van der Waals surface area contributed by atoms with Crippen molar-refractivity contribution in [2.75, 3.05) is 0 Å². The van der Waals surface area contributed by atoms with E-state index in [-0.39, 0.29) is 11.5 Å². The molecule has 0 heterocycles. The maximum absolute atomic E-state index is 11.8. The summed E-state index contributed by atoms with van der Waals surface area (Å²) in [5.74, 6) is 0.200. The van der Waals surface area contributed by atoms with Crippen molar-refractivity contribution in [3.05, 3.63) is 41.5 Å². The first-order chi connectivity index (χ1) is 7.00. The molecular formula is C13H16O2. The molecule has 2 heteroatoms. The van der Waals surface area contributed by atoms with Gasteiger partial charge in [-0.15, -0.1) is 6.58 Å². The van der Waals surface area contributed by atoms with Crippen LogP contribution < -0.4 is 0 Å². The van der Waals surface area contributed by atoms with Crippen LogP contribution in [0, 0.1) is 6.92 Å². The Morgan fingerprint density at radius 2 is 2.07 bits per heavy atom. The van der Waals surface area contributed by atoms with E-state index in [1.807, 2.05) is 13.8 Å². The zero-order chi connectivity index (χ0) is 11.4. The molecule has 0 aliphatic heterocycles. The van der Waals surface area contributed by atoms with Crippen molar-refractivity contribution in [1.82, 2.24) is 0 Å². The van der Waals surface area contributed by atoms with Crippen LogP contribution in [-0.2, 0) is 0 Å². The van der Waals surface area contributed by atoms with Crippen LogP contribution >= 0.6 is 0 Å². The fourth-order valence-electron chi connectivity index (χ4n) is 1.37. The molecule has 0 radical (unpaired) electrons. The van der Waals surface area contributed by atoms with Crippen LogP contribution in [0.25, 0.3) is 0 Å². The van der Waals surface area contributed by atoms with Gasteiger partial charge in [-0.1, -0.05) is 11.6 Å². The summed E-state index contributed by atoms with van der Waals surface area (Å²) in [5, 5.41) is 9.29. The number of phenolic OH excluding ortho intramolecular Hbond substituents is 1. The second-order valence-corrected chi connectivity index (χ2v) is 3.88. The van der Waals surface area contributed by atoms with Gasteiger partial charge in [0.2, 0.25) is 0 Å². The molecule has 80 valence electrons. The van der Waals surface area contributed by atoms with Crippen LogP contribution in [0.15, 0.2) is 30.4 Å². The lowest BCUT2D eigenvalue weighted by atomic mass is 10.00. The molecular weight excluding hydrogens is 188 g/mol. The monoisotopic (exact) mass is 204 g/mol. The Hall–Kier alpha value is -1.57. The summed E-state index contributed by atoms with van der Waals surface area (Å²) in [6.45, 7) is 7.53. The van der Waals surface area contributed by atoms with Crippen LogP contribution in [0.2, 0.25) is 0 Å². The number of hydrogen-bond acceptors (Lipinski definition) is 2. The Labute approximate surface area is 90.3 Å². The Morgan fingerprint density at radius 3 is 2.67 bits per heavy atom. The van der Waals surface area contributed by atoms with Gasteiger partial charge in [0.05, 0.1) is 0 Å². The van der Waals surface area contributed by atoms with Gasteiger partial charge >= 0.3 is 0 Å². The molecule has 0 fully saturated rings. The van der Waals surface area contributed by atoms with E-state index in [0.29, 0.717) is 18.4 Å². The zero-order valence-corrected chi connectivity index (χ0v) is 9.21. The fourth-order valence-corrected chi connectivity index (χ4v) is 1.37. The minimum atomic E-state index is 0.0615. The topological polar surface area (TPSA) is 37.3 Å². The Balaban J connectivity index is 2.81. The largest absolute Gasteiger partial charge is 0.508 e. The molecule has 0 amide bonds. The van der Waals surface area contributed by atoms with E-state index in [9.17, 15) is 9.90 Å². The highest BCUT2D eigenvalue weighted by Crippen LogP contribution is 2.18. The summed E-state index contributed by atoms with van der Waals surface area (Å²) in [4.78, 5) is 11.8. The number of Topliss-reactive ketones (excluding diaryl/α,β-unsaturated/α-hetero) is 1. The van der Waals surface area contributed by atoms with Gasteiger partial charge < -0.3 is 5.11 Å². The Kier molecular flexibility index (Phi) is 3.67. The second kappa shape index (κ2) is 4.78. The van der Waals surface area contributed by atoms with Gasteiger partial charge in [0.1, 0.15) is 5.75 Å². The number of rotatable bonds is 4. The number of ketones is 1. The summed E-state index contributed by atoms with van der Waals surface area (Å²) >= 11 is 0. The molecule has 2 nitrogen and oxygen atoms in total. The number of carbonyl (C=O) groups is 1. The third-order valence-electron chi connectivity index (χ3n) is 2.30. The molecule has 0 bridgehead atoms. The van der Waals surface area contributed by atoms with Gasteiger partial charge in [0.25, 0.3) is 0 Å². The minimum absolute atomic E-state index is 0.0615. The predicted molar refractivity (Wildman–Crippen MR) is 61.2 cm³/mol. The van der Waals surface area contributed by atoms with Gasteiger partial charge in [0, 0.05) is 12.0 Å². The van der Waals surface area contributed by atoms with Crippen LogP contribution in [0.1, 0.15) is 35.7 Å². The lowest BCUT2D eigenvalue weighted by molar-refractivity contribution is 0.0982. The van der Waals surface area contributed by atoms with E-state index in [0.717, 1.165) is 11.1 Å². The first-order valence-corrected chi connectivity index (χ1v) is 4.98. The number of hydrogen-bond donors (Lipinski definition) is 1. The van der Waals surface area contributed by atoms with Gasteiger partial charge in [-0.25, -0.2) is 0 Å². The van der Waals surface area contributed by atoms with E-state index in [2.05, 4.69) is 6.58 Å². The van der Waals surface area contributed by atoms with E-state index in [4.69, 9.17) is 0 Å². The van der Waals surface area contributed by atoms with E-state index < -0.39 is 0 Å². The zero-order valence-electron chi connectivity index (χ0n) is 9.21. The molecule has 0 saturated heterocycles. The molecule has 1 aromatic rings. The molecule has 0 aliphatic rings. The Morgan fingerprint density at radius 1 is 1.40 bits per heavy atom. The van der Waals surface area contributed by atoms with Crippen molar-refractivity contribution in [2.24, 2.45) is 0 Å². The molecule has 1 N–H and O–H groups in total. The lowest BCUT2D eigenvalue weighted by Gasteiger charge is -2.05. The SMILES string of the molecule is C=C(C)CCC(=O)c1cc(O)ccc1C. The maximum Gasteiger partial charge on any atom is 0.163 e. The molecule has 0 saturated carbocycles. The average Bonchev–Trinajstić information content (AvgIpc) is 2.18. The summed E-state index contributed by atoms with van der Waals surface area (Å²) in [6, 6.07) is 4.87. The van der Waals surface area contributed by atoms with Crippen molar-refractivity contribution < 1.29 is 9.90 Å². The molecule has 0 unspecified atom stereocenters. The van der Waals surface area contributed by atoms with Crippen molar-refractivity contribution in [3.63, 3.8) is 0 Å². The maximum atomic E-state index is 11.8. The third kappa shape index (κ3) is 3.24. The second-order valence-electron chi connectivity index (χ2n) is 3.88. The predicted octanol–water partition coefficient (Wildman–Crippen LogP) is 3.24. The fraction of sp³-hybridized carbons (Fsp3) is 0.308. The number of carbonyl (C=O) groups excluding carboxylic acids is 1. The first kappa shape index (κ1) is 11.5. The summed E-state index contributed by atoms with van der Waals surface area (Å²) in [7, 11) is 0.